The van der Waals surface area contributed by atoms with Gasteiger partial charge in [0.05, 0.1) is 0 Å². The van der Waals surface area contributed by atoms with Gasteiger partial charge < -0.3 is 25.8 Å². The molecule has 0 saturated carbocycles. The van der Waals surface area contributed by atoms with E-state index in [0.29, 0.717) is 18.7 Å². The van der Waals surface area contributed by atoms with E-state index >= 15 is 0 Å². The number of aromatic nitrogens is 1. The van der Waals surface area contributed by atoms with Crippen molar-refractivity contribution in [1.29, 1.82) is 0 Å². The molecule has 0 aliphatic carbocycles. The number of H-pyrrole nitrogens is 1. The molecule has 4 N–H and O–H groups in total. The lowest BCUT2D eigenvalue weighted by molar-refractivity contribution is 0.0951. The van der Waals surface area contributed by atoms with Gasteiger partial charge in [-0.05, 0) is 62.3 Å². The van der Waals surface area contributed by atoms with Crippen LogP contribution in [-0.2, 0) is 13.0 Å². The summed E-state index contributed by atoms with van der Waals surface area (Å²) in [7, 11) is 5.74. The number of guanidine groups is 1. The Labute approximate surface area is 190 Å². The SMILES string of the molecule is CN=C(NCCc1c[nH]c2cc(C)ccc12)NCc1cccc(C(=O)NCCN(C)C)c1. The van der Waals surface area contributed by atoms with E-state index in [0.717, 1.165) is 31.0 Å². The molecule has 0 saturated heterocycles. The Balaban J connectivity index is 1.48. The molecule has 2 aromatic carbocycles. The number of carbonyl (C=O) groups excluding carboxylic acids is 1. The standard InChI is InChI=1S/C25H34N6O/c1-18-8-9-22-21(17-29-23(22)14-18)10-11-28-25(26-2)30-16-19-6-5-7-20(15-19)24(32)27-12-13-31(3)4/h5-9,14-15,17,29H,10-13,16H2,1-4H3,(H,27,32)(H2,26,28,30). The number of rotatable bonds is 9. The molecule has 170 valence electrons. The number of amides is 1. The Bertz CT molecular complexity index is 1070. The van der Waals surface area contributed by atoms with Crippen molar-refractivity contribution < 1.29 is 4.79 Å². The van der Waals surface area contributed by atoms with E-state index < -0.39 is 0 Å². The van der Waals surface area contributed by atoms with Gasteiger partial charge in [-0.1, -0.05) is 24.3 Å². The van der Waals surface area contributed by atoms with Crippen molar-refractivity contribution >= 4 is 22.8 Å². The average Bonchev–Trinajstić information content (AvgIpc) is 3.17. The number of aliphatic imine (C=N–C) groups is 1. The molecule has 0 atom stereocenters. The number of nitrogens with one attached hydrogen (secondary N) is 4. The molecule has 3 rings (SSSR count). The van der Waals surface area contributed by atoms with Crippen molar-refractivity contribution in [3.05, 3.63) is 70.9 Å². The van der Waals surface area contributed by atoms with Crippen LogP contribution in [0.25, 0.3) is 10.9 Å². The van der Waals surface area contributed by atoms with Crippen molar-refractivity contribution in [3.63, 3.8) is 0 Å². The number of aromatic amines is 1. The van der Waals surface area contributed by atoms with Gasteiger partial charge in [-0.2, -0.15) is 0 Å². The molecule has 1 heterocycles. The van der Waals surface area contributed by atoms with Gasteiger partial charge >= 0.3 is 0 Å². The van der Waals surface area contributed by atoms with Crippen molar-refractivity contribution in [1.82, 2.24) is 25.8 Å². The van der Waals surface area contributed by atoms with E-state index in [1.165, 1.54) is 22.0 Å². The van der Waals surface area contributed by atoms with Crippen LogP contribution in [0.2, 0.25) is 0 Å². The molecule has 0 fully saturated rings. The largest absolute Gasteiger partial charge is 0.361 e. The van der Waals surface area contributed by atoms with Crippen LogP contribution in [-0.4, -0.2) is 62.5 Å². The Morgan fingerprint density at radius 2 is 1.91 bits per heavy atom. The molecule has 0 radical (unpaired) electrons. The number of hydrogen-bond donors (Lipinski definition) is 4. The van der Waals surface area contributed by atoms with Gasteiger partial charge in [0.15, 0.2) is 5.96 Å². The molecule has 0 aliphatic heterocycles. The Morgan fingerprint density at radius 3 is 2.69 bits per heavy atom. The number of benzene rings is 2. The van der Waals surface area contributed by atoms with Crippen LogP contribution in [0, 0.1) is 6.92 Å². The van der Waals surface area contributed by atoms with Crippen LogP contribution in [0.3, 0.4) is 0 Å². The van der Waals surface area contributed by atoms with Crippen LogP contribution in [0.1, 0.15) is 27.0 Å². The molecule has 1 amide bonds. The van der Waals surface area contributed by atoms with Gasteiger partial charge in [0.1, 0.15) is 0 Å². The summed E-state index contributed by atoms with van der Waals surface area (Å²) in [5, 5.41) is 10.9. The van der Waals surface area contributed by atoms with Crippen molar-refractivity contribution in [2.45, 2.75) is 19.9 Å². The first kappa shape index (κ1) is 23.3. The Morgan fingerprint density at radius 1 is 1.06 bits per heavy atom. The van der Waals surface area contributed by atoms with E-state index in [1.807, 2.05) is 43.3 Å². The lowest BCUT2D eigenvalue weighted by Gasteiger charge is -2.13. The average molecular weight is 435 g/mol. The molecular weight excluding hydrogens is 400 g/mol. The number of fused-ring (bicyclic) bond motifs is 1. The summed E-state index contributed by atoms with van der Waals surface area (Å²) >= 11 is 0. The second-order valence-corrected chi connectivity index (χ2v) is 8.23. The lowest BCUT2D eigenvalue weighted by atomic mass is 10.1. The molecule has 0 bridgehead atoms. The van der Waals surface area contributed by atoms with Gasteiger partial charge in [-0.15, -0.1) is 0 Å². The van der Waals surface area contributed by atoms with Crippen molar-refractivity contribution in [3.8, 4) is 0 Å². The third-order valence-electron chi connectivity index (χ3n) is 5.33. The Kier molecular flexibility index (Phi) is 8.27. The fourth-order valence-corrected chi connectivity index (χ4v) is 3.55. The molecule has 1 aromatic heterocycles. The van der Waals surface area contributed by atoms with Gasteiger partial charge in [-0.3, -0.25) is 9.79 Å². The summed E-state index contributed by atoms with van der Waals surface area (Å²) in [5.74, 6) is 0.687. The van der Waals surface area contributed by atoms with Gasteiger partial charge in [-0.25, -0.2) is 0 Å². The summed E-state index contributed by atoms with van der Waals surface area (Å²) in [6, 6.07) is 14.2. The number of hydrogen-bond acceptors (Lipinski definition) is 3. The highest BCUT2D eigenvalue weighted by Crippen LogP contribution is 2.19. The smallest absolute Gasteiger partial charge is 0.251 e. The predicted molar refractivity (Wildman–Crippen MR) is 132 cm³/mol. The summed E-state index contributed by atoms with van der Waals surface area (Å²) in [4.78, 5) is 22.1. The Hall–Kier alpha value is -3.32. The van der Waals surface area contributed by atoms with E-state index in [1.54, 1.807) is 7.05 Å². The zero-order valence-corrected chi connectivity index (χ0v) is 19.5. The summed E-state index contributed by atoms with van der Waals surface area (Å²) < 4.78 is 0. The maximum atomic E-state index is 12.3. The van der Waals surface area contributed by atoms with Gasteiger partial charge in [0.25, 0.3) is 5.91 Å². The predicted octanol–water partition coefficient (Wildman–Crippen LogP) is 2.68. The molecular formula is C25H34N6O. The van der Waals surface area contributed by atoms with Crippen LogP contribution in [0.5, 0.6) is 0 Å². The molecule has 0 spiro atoms. The fraction of sp³-hybridized carbons (Fsp3) is 0.360. The fourth-order valence-electron chi connectivity index (χ4n) is 3.55. The number of nitrogens with zero attached hydrogens (tertiary/aromatic N) is 2. The van der Waals surface area contributed by atoms with E-state index in [4.69, 9.17) is 0 Å². The highest BCUT2D eigenvalue weighted by molar-refractivity contribution is 5.94. The quantitative estimate of drug-likeness (QED) is 0.308. The monoisotopic (exact) mass is 434 g/mol. The topological polar surface area (TPSA) is 84.5 Å². The van der Waals surface area contributed by atoms with Gasteiger partial charge in [0, 0.05) is 55.9 Å². The summed E-state index contributed by atoms with van der Waals surface area (Å²) in [5.41, 5.74) is 5.41. The molecule has 0 unspecified atom stereocenters. The highest BCUT2D eigenvalue weighted by atomic mass is 16.1. The maximum absolute atomic E-state index is 12.3. The van der Waals surface area contributed by atoms with E-state index in [2.05, 4.69) is 57.2 Å². The van der Waals surface area contributed by atoms with Crippen molar-refractivity contribution in [2.75, 3.05) is 40.8 Å². The highest BCUT2D eigenvalue weighted by Gasteiger charge is 2.07. The molecule has 0 aliphatic rings. The number of likely N-dealkylation sites (N-methyl/N-ethyl adjacent to an activating group) is 1. The third kappa shape index (κ3) is 6.59. The second-order valence-electron chi connectivity index (χ2n) is 8.23. The van der Waals surface area contributed by atoms with Crippen LogP contribution in [0.15, 0.2) is 53.7 Å². The minimum atomic E-state index is -0.0508. The number of aryl methyl sites for hydroxylation is 1. The minimum absolute atomic E-state index is 0.0508. The van der Waals surface area contributed by atoms with E-state index in [-0.39, 0.29) is 5.91 Å². The zero-order chi connectivity index (χ0) is 22.9. The molecule has 32 heavy (non-hydrogen) atoms. The van der Waals surface area contributed by atoms with Crippen molar-refractivity contribution in [2.24, 2.45) is 4.99 Å². The van der Waals surface area contributed by atoms with Crippen LogP contribution in [0.4, 0.5) is 0 Å². The zero-order valence-electron chi connectivity index (χ0n) is 19.5. The minimum Gasteiger partial charge on any atom is -0.361 e. The first-order valence-electron chi connectivity index (χ1n) is 11.0. The van der Waals surface area contributed by atoms with Gasteiger partial charge in [0.2, 0.25) is 0 Å². The lowest BCUT2D eigenvalue weighted by Crippen LogP contribution is -2.37. The third-order valence-corrected chi connectivity index (χ3v) is 5.33. The first-order valence-corrected chi connectivity index (χ1v) is 11.0. The molecule has 7 nitrogen and oxygen atoms in total. The normalized spacial score (nSPS) is 11.7. The molecule has 7 heteroatoms. The summed E-state index contributed by atoms with van der Waals surface area (Å²) in [6.07, 6.45) is 2.98. The van der Waals surface area contributed by atoms with E-state index in [9.17, 15) is 4.79 Å². The first-order chi connectivity index (χ1) is 15.5. The van der Waals surface area contributed by atoms with Crippen LogP contribution >= 0.6 is 0 Å². The van der Waals surface area contributed by atoms with Crippen LogP contribution < -0.4 is 16.0 Å². The summed E-state index contributed by atoms with van der Waals surface area (Å²) in [6.45, 7) is 4.90. The maximum Gasteiger partial charge on any atom is 0.251 e. The second kappa shape index (κ2) is 11.3. The molecule has 3 aromatic rings. The number of carbonyl (C=O) groups is 1.